The van der Waals surface area contributed by atoms with Crippen molar-refractivity contribution in [3.05, 3.63) is 65.8 Å². The monoisotopic (exact) mass is 553 g/mol. The average molecular weight is 553 g/mol. The van der Waals surface area contributed by atoms with Crippen LogP contribution >= 0.6 is 0 Å². The number of methoxy groups -OCH3 is 1. The zero-order chi connectivity index (χ0) is 23.5. The third-order valence-electron chi connectivity index (χ3n) is 5.57. The van der Waals surface area contributed by atoms with Gasteiger partial charge < -0.3 is 0 Å². The molecule has 0 radical (unpaired) electrons. The number of aliphatic hydroxyl groups is 1. The van der Waals surface area contributed by atoms with E-state index in [0.29, 0.717) is 46.5 Å². The molecule has 1 saturated heterocycles. The molecule has 1 unspecified atom stereocenters. The van der Waals surface area contributed by atoms with E-state index in [9.17, 15) is 19.5 Å². The summed E-state index contributed by atoms with van der Waals surface area (Å²) in [5.74, 6) is -0.831. The molecular weight excluding hydrogens is 529 g/mol. The molecule has 10 nitrogen and oxygen atoms in total. The molecule has 3 heterocycles. The van der Waals surface area contributed by atoms with Gasteiger partial charge in [0.1, 0.15) is 0 Å². The van der Waals surface area contributed by atoms with Gasteiger partial charge in [-0.05, 0) is 0 Å². The molecule has 1 aromatic heterocycles. The van der Waals surface area contributed by atoms with Crippen molar-refractivity contribution in [2.75, 3.05) is 36.3 Å². The first-order valence-corrected chi connectivity index (χ1v) is 13.7. The summed E-state index contributed by atoms with van der Waals surface area (Å²) in [6, 6.07) is 10.7. The van der Waals surface area contributed by atoms with Crippen LogP contribution < -0.4 is 3.00 Å². The fourth-order valence-corrected chi connectivity index (χ4v) is 7.35. The Morgan fingerprint density at radius 1 is 1.06 bits per heavy atom. The molecular formula is C22H24InN5O5. The Balaban J connectivity index is 1.42. The molecule has 170 valence electrons. The summed E-state index contributed by atoms with van der Waals surface area (Å²) in [6.07, 6.45) is 2.68. The molecule has 2 aliphatic rings. The van der Waals surface area contributed by atoms with Gasteiger partial charge in [0, 0.05) is 0 Å². The molecule has 33 heavy (non-hydrogen) atoms. The Kier molecular flexibility index (Phi) is 6.99. The maximum atomic E-state index is 13.1. The molecule has 0 bridgehead atoms. The van der Waals surface area contributed by atoms with Crippen LogP contribution in [0.2, 0.25) is 0 Å². The summed E-state index contributed by atoms with van der Waals surface area (Å²) in [6.45, 7) is 2.98. The van der Waals surface area contributed by atoms with Crippen LogP contribution in [0.3, 0.4) is 0 Å². The Hall–Kier alpha value is -2.92. The molecule has 0 spiro atoms. The molecule has 2 aromatic rings. The summed E-state index contributed by atoms with van der Waals surface area (Å²) in [4.78, 5) is 43.4. The fourth-order valence-electron chi connectivity index (χ4n) is 3.69. The first kappa shape index (κ1) is 23.2. The number of rotatable bonds is 6. The van der Waals surface area contributed by atoms with E-state index in [0.717, 1.165) is 0 Å². The number of carbonyl (C=O) groups is 3. The van der Waals surface area contributed by atoms with E-state index in [-0.39, 0.29) is 5.91 Å². The second-order valence-corrected chi connectivity index (χ2v) is 11.6. The molecule has 1 aromatic carbocycles. The van der Waals surface area contributed by atoms with Crippen molar-refractivity contribution in [2.45, 2.75) is 13.0 Å². The van der Waals surface area contributed by atoms with E-state index in [1.165, 1.54) is 12.0 Å². The van der Waals surface area contributed by atoms with Crippen LogP contribution in [0.5, 0.6) is 0 Å². The minimum atomic E-state index is -1.94. The van der Waals surface area contributed by atoms with Crippen LogP contribution in [0.1, 0.15) is 29.1 Å². The molecule has 1 fully saturated rings. The third kappa shape index (κ3) is 4.88. The topological polar surface area (TPSA) is 108 Å². The van der Waals surface area contributed by atoms with Crippen molar-refractivity contribution >= 4 is 43.6 Å². The number of carbonyl (C=O) groups excluding carboxylic acids is 3. The summed E-state index contributed by atoms with van der Waals surface area (Å²) in [7, 11) is 1.47. The Bertz CT molecular complexity index is 1120. The second kappa shape index (κ2) is 9.92. The summed E-state index contributed by atoms with van der Waals surface area (Å²) < 4.78 is 7.62. The Morgan fingerprint density at radius 3 is 2.33 bits per heavy atom. The number of nitrogens with zero attached hydrogens (tertiary/aromatic N) is 5. The zero-order valence-electron chi connectivity index (χ0n) is 18.4. The predicted octanol–water partition coefficient (Wildman–Crippen LogP) is -0.279. The summed E-state index contributed by atoms with van der Waals surface area (Å²) in [5, 5.41) is 14.0. The molecule has 11 heteroatoms. The van der Waals surface area contributed by atoms with E-state index in [1.54, 1.807) is 47.2 Å². The van der Waals surface area contributed by atoms with Crippen LogP contribution in [-0.2, 0) is 14.3 Å². The first-order valence-electron chi connectivity index (χ1n) is 10.6. The van der Waals surface area contributed by atoms with Crippen LogP contribution in [0.25, 0.3) is 0 Å². The number of allylic oxidation sites excluding steroid dienone is 1. The van der Waals surface area contributed by atoms with Crippen molar-refractivity contribution < 1.29 is 24.2 Å². The van der Waals surface area contributed by atoms with Gasteiger partial charge in [-0.15, -0.1) is 0 Å². The van der Waals surface area contributed by atoms with Gasteiger partial charge in [0.15, 0.2) is 0 Å². The quantitative estimate of drug-likeness (QED) is 0.491. The van der Waals surface area contributed by atoms with Gasteiger partial charge in [-0.1, -0.05) is 0 Å². The van der Waals surface area contributed by atoms with Gasteiger partial charge in [-0.2, -0.15) is 0 Å². The van der Waals surface area contributed by atoms with Crippen molar-refractivity contribution in [1.82, 2.24) is 19.7 Å². The summed E-state index contributed by atoms with van der Waals surface area (Å²) in [5.41, 5.74) is 1.12. The Labute approximate surface area is 202 Å². The average Bonchev–Trinajstić information content (AvgIpc) is 3.51. The zero-order valence-corrected chi connectivity index (χ0v) is 21.7. The second-order valence-electron chi connectivity index (χ2n) is 7.74. The van der Waals surface area contributed by atoms with E-state index < -0.39 is 40.5 Å². The van der Waals surface area contributed by atoms with Crippen molar-refractivity contribution in [1.29, 1.82) is 0 Å². The van der Waals surface area contributed by atoms with Gasteiger partial charge >= 0.3 is 203 Å². The minimum absolute atomic E-state index is 0.0784. The van der Waals surface area contributed by atoms with Crippen LogP contribution in [0.15, 0.2) is 54.6 Å². The van der Waals surface area contributed by atoms with Crippen LogP contribution in [0.4, 0.5) is 0 Å². The number of aliphatic hydroxyl groups excluding tert-OH is 1. The van der Waals surface area contributed by atoms with Crippen LogP contribution in [-0.4, -0.2) is 102 Å². The van der Waals surface area contributed by atoms with Crippen molar-refractivity contribution in [3.63, 3.8) is 0 Å². The fraction of sp³-hybridized carbons (Fsp3) is 0.318. The third-order valence-corrected chi connectivity index (χ3v) is 9.72. The van der Waals surface area contributed by atoms with Gasteiger partial charge in [-0.3, -0.25) is 0 Å². The SMILES string of the molecule is COC1=C[N](n2ccc(C(C)O)n2)[In]=[C]1C(=O)C(=O)N1CCN(C(=O)c2ccccc2)CC1. The van der Waals surface area contributed by atoms with Gasteiger partial charge in [0.05, 0.1) is 0 Å². The Morgan fingerprint density at radius 2 is 1.73 bits per heavy atom. The number of Topliss-reactive ketones (excluding diaryl/α,β-unsaturated/α-hetero) is 1. The van der Waals surface area contributed by atoms with Crippen LogP contribution in [0, 0.1) is 0 Å². The number of hydrogen-bond acceptors (Lipinski definition) is 7. The number of benzene rings is 1. The van der Waals surface area contributed by atoms with Gasteiger partial charge in [0.2, 0.25) is 0 Å². The van der Waals surface area contributed by atoms with Gasteiger partial charge in [0.25, 0.3) is 0 Å². The van der Waals surface area contributed by atoms with Gasteiger partial charge in [-0.25, -0.2) is 0 Å². The molecule has 2 amide bonds. The summed E-state index contributed by atoms with van der Waals surface area (Å²) >= 11 is -1.94. The number of ether oxygens (including phenoxy) is 1. The first-order chi connectivity index (χ1) is 15.9. The maximum absolute atomic E-state index is 13.1. The molecule has 4 rings (SSSR count). The van der Waals surface area contributed by atoms with E-state index in [4.69, 9.17) is 4.74 Å². The molecule has 0 saturated carbocycles. The van der Waals surface area contributed by atoms with Crippen molar-refractivity contribution in [2.24, 2.45) is 0 Å². The number of hydrogen-bond donors (Lipinski definition) is 1. The normalized spacial score (nSPS) is 16.6. The number of ketones is 1. The van der Waals surface area contributed by atoms with Crippen molar-refractivity contribution in [3.8, 4) is 0 Å². The van der Waals surface area contributed by atoms with E-state index in [2.05, 4.69) is 5.10 Å². The predicted molar refractivity (Wildman–Crippen MR) is 121 cm³/mol. The number of piperazine rings is 1. The molecule has 2 aliphatic heterocycles. The van der Waals surface area contributed by atoms with E-state index in [1.807, 2.05) is 21.2 Å². The standard InChI is InChI=1S/C22H24N5O5.In/c1-16(28)19-8-9-27(24-19)23-15-18(32-2)14-20(29)22(31)26-12-10-25(11-13-26)21(30)17-6-4-3-5-7-17;/h3-9,15-16,28H,10-13H2,1-2H3;/q-1;+1. The number of aromatic nitrogens is 2. The molecule has 1 N–H and O–H groups in total. The molecule has 1 atom stereocenters. The van der Waals surface area contributed by atoms with E-state index >= 15 is 0 Å². The number of amides is 2. The molecule has 0 aliphatic carbocycles.